The van der Waals surface area contributed by atoms with Crippen molar-refractivity contribution in [3.05, 3.63) is 64.7 Å². The maximum Gasteiger partial charge on any atom is 0.162 e. The molecule has 0 N–H and O–H groups in total. The first-order valence-electron chi connectivity index (χ1n) is 7.70. The first-order chi connectivity index (χ1) is 11.8. The molecule has 1 aliphatic rings. The molecule has 4 heterocycles. The van der Waals surface area contributed by atoms with Crippen LogP contribution in [0.25, 0.3) is 11.4 Å². The smallest absolute Gasteiger partial charge is 0.162 e. The van der Waals surface area contributed by atoms with Crippen molar-refractivity contribution in [2.24, 2.45) is 0 Å². The van der Waals surface area contributed by atoms with Crippen molar-refractivity contribution >= 4 is 15.9 Å². The Bertz CT molecular complexity index is 855. The van der Waals surface area contributed by atoms with E-state index in [1.54, 1.807) is 18.6 Å². The van der Waals surface area contributed by atoms with E-state index in [4.69, 9.17) is 4.98 Å². The molecule has 0 spiro atoms. The molecule has 0 fully saturated rings. The number of pyridine rings is 1. The van der Waals surface area contributed by atoms with Crippen molar-refractivity contribution in [3.8, 4) is 11.4 Å². The molecular formula is C17H15BrN6. The van der Waals surface area contributed by atoms with Crippen LogP contribution in [-0.4, -0.2) is 36.4 Å². The van der Waals surface area contributed by atoms with Gasteiger partial charge in [-0.25, -0.2) is 19.9 Å². The highest BCUT2D eigenvalue weighted by Gasteiger charge is 2.19. The zero-order valence-electron chi connectivity index (χ0n) is 12.9. The van der Waals surface area contributed by atoms with E-state index in [0.717, 1.165) is 41.8 Å². The Morgan fingerprint density at radius 1 is 1.04 bits per heavy atom. The molecule has 0 aliphatic carbocycles. The molecule has 0 aromatic carbocycles. The normalized spacial score (nSPS) is 14.4. The van der Waals surface area contributed by atoms with Gasteiger partial charge in [-0.15, -0.1) is 0 Å². The minimum absolute atomic E-state index is 0.694. The van der Waals surface area contributed by atoms with E-state index in [-0.39, 0.29) is 0 Å². The maximum absolute atomic E-state index is 4.70. The number of rotatable bonds is 3. The predicted molar refractivity (Wildman–Crippen MR) is 92.8 cm³/mol. The number of hydrogen-bond acceptors (Lipinski definition) is 6. The molecule has 3 aromatic rings. The van der Waals surface area contributed by atoms with E-state index >= 15 is 0 Å². The van der Waals surface area contributed by atoms with Gasteiger partial charge in [-0.1, -0.05) is 0 Å². The summed E-state index contributed by atoms with van der Waals surface area (Å²) in [5.41, 5.74) is 4.35. The summed E-state index contributed by atoms with van der Waals surface area (Å²) in [6, 6.07) is 2.11. The number of aromatic nitrogens is 5. The van der Waals surface area contributed by atoms with Crippen LogP contribution >= 0.6 is 15.9 Å². The third-order valence-corrected chi connectivity index (χ3v) is 4.43. The minimum Gasteiger partial charge on any atom is -0.294 e. The summed E-state index contributed by atoms with van der Waals surface area (Å²) in [6.07, 6.45) is 11.5. The van der Waals surface area contributed by atoms with Gasteiger partial charge in [0.1, 0.15) is 6.33 Å². The van der Waals surface area contributed by atoms with Gasteiger partial charge in [0.25, 0.3) is 0 Å². The summed E-state index contributed by atoms with van der Waals surface area (Å²) in [5.74, 6) is 0.694. The highest BCUT2D eigenvalue weighted by Crippen LogP contribution is 2.22. The first kappa shape index (κ1) is 15.3. The Hall–Kier alpha value is -2.25. The summed E-state index contributed by atoms with van der Waals surface area (Å²) < 4.78 is 1.01. The van der Waals surface area contributed by atoms with E-state index in [9.17, 15) is 0 Å². The average Bonchev–Trinajstić information content (AvgIpc) is 2.62. The van der Waals surface area contributed by atoms with Crippen LogP contribution in [0.4, 0.5) is 0 Å². The zero-order valence-corrected chi connectivity index (χ0v) is 14.5. The third-order valence-electron chi connectivity index (χ3n) is 4.00. The maximum atomic E-state index is 4.70. The fourth-order valence-corrected chi connectivity index (χ4v) is 3.28. The molecule has 0 bridgehead atoms. The largest absolute Gasteiger partial charge is 0.294 e. The highest BCUT2D eigenvalue weighted by atomic mass is 79.9. The molecule has 0 unspecified atom stereocenters. The topological polar surface area (TPSA) is 67.7 Å². The van der Waals surface area contributed by atoms with E-state index in [1.165, 1.54) is 17.5 Å². The summed E-state index contributed by atoms with van der Waals surface area (Å²) in [5, 5.41) is 0. The van der Waals surface area contributed by atoms with Gasteiger partial charge in [0.15, 0.2) is 5.82 Å². The van der Waals surface area contributed by atoms with Gasteiger partial charge in [-0.05, 0) is 27.6 Å². The number of hydrogen-bond donors (Lipinski definition) is 0. The third kappa shape index (κ3) is 3.32. The molecule has 0 amide bonds. The molecule has 4 rings (SSSR count). The lowest BCUT2D eigenvalue weighted by molar-refractivity contribution is 0.242. The number of nitrogens with zero attached hydrogens (tertiary/aromatic N) is 6. The van der Waals surface area contributed by atoms with Crippen LogP contribution in [0.5, 0.6) is 0 Å². The molecule has 1 aliphatic heterocycles. The summed E-state index contributed by atoms with van der Waals surface area (Å²) in [7, 11) is 0. The second-order valence-corrected chi connectivity index (χ2v) is 6.68. The van der Waals surface area contributed by atoms with Gasteiger partial charge in [0, 0.05) is 67.1 Å². The van der Waals surface area contributed by atoms with Gasteiger partial charge < -0.3 is 0 Å². The van der Waals surface area contributed by atoms with Crippen LogP contribution in [0.1, 0.15) is 16.8 Å². The monoisotopic (exact) mass is 382 g/mol. The lowest BCUT2D eigenvalue weighted by atomic mass is 10.1. The van der Waals surface area contributed by atoms with Crippen molar-refractivity contribution in [3.63, 3.8) is 0 Å². The predicted octanol–water partition coefficient (Wildman–Crippen LogP) is 2.65. The van der Waals surface area contributed by atoms with Crippen molar-refractivity contribution in [1.29, 1.82) is 0 Å². The highest BCUT2D eigenvalue weighted by molar-refractivity contribution is 9.10. The Balaban J connectivity index is 1.52. The molecular weight excluding hydrogens is 368 g/mol. The standard InChI is InChI=1S/C17H15BrN6/c18-15-3-12(4-19-8-15)9-24-2-1-16-14(10-24)7-22-17(23-16)13-5-20-11-21-6-13/h3-8,11H,1-2,9-10H2. The molecule has 0 atom stereocenters. The molecule has 7 heteroatoms. The molecule has 0 radical (unpaired) electrons. The van der Waals surface area contributed by atoms with Crippen LogP contribution in [0.2, 0.25) is 0 Å². The fraction of sp³-hybridized carbons (Fsp3) is 0.235. The molecule has 6 nitrogen and oxygen atoms in total. The lowest BCUT2D eigenvalue weighted by Crippen LogP contribution is -2.31. The van der Waals surface area contributed by atoms with Gasteiger partial charge in [0.05, 0.1) is 11.3 Å². The van der Waals surface area contributed by atoms with Crippen LogP contribution in [0.3, 0.4) is 0 Å². The molecule has 120 valence electrons. The van der Waals surface area contributed by atoms with Crippen LogP contribution in [0, 0.1) is 0 Å². The second kappa shape index (κ2) is 6.70. The van der Waals surface area contributed by atoms with Gasteiger partial charge >= 0.3 is 0 Å². The van der Waals surface area contributed by atoms with E-state index < -0.39 is 0 Å². The Labute approximate surface area is 148 Å². The van der Waals surface area contributed by atoms with E-state index in [2.05, 4.69) is 46.8 Å². The summed E-state index contributed by atoms with van der Waals surface area (Å²) in [4.78, 5) is 23.9. The second-order valence-electron chi connectivity index (χ2n) is 5.76. The van der Waals surface area contributed by atoms with E-state index in [0.29, 0.717) is 5.82 Å². The summed E-state index contributed by atoms with van der Waals surface area (Å²) in [6.45, 7) is 2.70. The quantitative estimate of drug-likeness (QED) is 0.693. The zero-order chi connectivity index (χ0) is 16.4. The molecule has 24 heavy (non-hydrogen) atoms. The van der Waals surface area contributed by atoms with Crippen LogP contribution in [0.15, 0.2) is 47.9 Å². The lowest BCUT2D eigenvalue weighted by Gasteiger charge is -2.28. The van der Waals surface area contributed by atoms with Crippen molar-refractivity contribution < 1.29 is 0 Å². The number of halogens is 1. The minimum atomic E-state index is 0.694. The van der Waals surface area contributed by atoms with E-state index in [1.807, 2.05) is 12.4 Å². The average molecular weight is 383 g/mol. The first-order valence-corrected chi connectivity index (χ1v) is 8.49. The Kier molecular flexibility index (Phi) is 4.27. The Morgan fingerprint density at radius 3 is 2.75 bits per heavy atom. The molecule has 0 saturated heterocycles. The van der Waals surface area contributed by atoms with Crippen molar-refractivity contribution in [2.75, 3.05) is 6.54 Å². The van der Waals surface area contributed by atoms with Crippen LogP contribution in [-0.2, 0) is 19.5 Å². The molecule has 3 aromatic heterocycles. The number of fused-ring (bicyclic) bond motifs is 1. The van der Waals surface area contributed by atoms with Crippen LogP contribution < -0.4 is 0 Å². The van der Waals surface area contributed by atoms with Gasteiger partial charge in [-0.2, -0.15) is 0 Å². The van der Waals surface area contributed by atoms with Gasteiger partial charge in [0.2, 0.25) is 0 Å². The molecule has 0 saturated carbocycles. The fourth-order valence-electron chi connectivity index (χ4n) is 2.86. The summed E-state index contributed by atoms with van der Waals surface area (Å²) >= 11 is 3.47. The SMILES string of the molecule is Brc1cncc(CN2CCc3nc(-c4cncnc4)ncc3C2)c1. The van der Waals surface area contributed by atoms with Gasteiger partial charge in [-0.3, -0.25) is 9.88 Å². The Morgan fingerprint density at radius 2 is 1.92 bits per heavy atom. The van der Waals surface area contributed by atoms with Crippen molar-refractivity contribution in [2.45, 2.75) is 19.5 Å². The van der Waals surface area contributed by atoms with Crippen molar-refractivity contribution in [1.82, 2.24) is 29.8 Å².